The van der Waals surface area contributed by atoms with E-state index in [0.29, 0.717) is 5.75 Å². The van der Waals surface area contributed by atoms with Gasteiger partial charge in [-0.2, -0.15) is 0 Å². The van der Waals surface area contributed by atoms with Gasteiger partial charge in [-0.1, -0.05) is 31.5 Å². The summed E-state index contributed by atoms with van der Waals surface area (Å²) in [5.41, 5.74) is 2.99. The minimum absolute atomic E-state index is 0.158. The monoisotopic (exact) mass is 323 g/mol. The molecule has 2 aromatic rings. The Balaban J connectivity index is 1.57. The lowest BCUT2D eigenvalue weighted by molar-refractivity contribution is -0.111. The number of unbranched alkanes of at least 4 members (excludes halogenated alkanes) is 1. The third-order valence-corrected chi connectivity index (χ3v) is 3.86. The Bertz CT molecular complexity index is 735. The minimum atomic E-state index is -0.158. The molecule has 0 bridgehead atoms. The van der Waals surface area contributed by atoms with Gasteiger partial charge in [-0.3, -0.25) is 4.79 Å². The molecular formula is C20H21NO3. The van der Waals surface area contributed by atoms with Gasteiger partial charge in [-0.15, -0.1) is 0 Å². The summed E-state index contributed by atoms with van der Waals surface area (Å²) in [6, 6.07) is 13.6. The molecule has 124 valence electrons. The van der Waals surface area contributed by atoms with Crippen molar-refractivity contribution < 1.29 is 14.3 Å². The smallest absolute Gasteiger partial charge is 0.248 e. The summed E-state index contributed by atoms with van der Waals surface area (Å²) in [5.74, 6) is 1.29. The predicted molar refractivity (Wildman–Crippen MR) is 95.3 cm³/mol. The van der Waals surface area contributed by atoms with Crippen LogP contribution in [0.4, 0.5) is 5.69 Å². The number of nitrogens with one attached hydrogen (secondary N) is 1. The third kappa shape index (κ3) is 4.16. The van der Waals surface area contributed by atoms with Crippen molar-refractivity contribution >= 4 is 17.7 Å². The van der Waals surface area contributed by atoms with Crippen LogP contribution in [-0.4, -0.2) is 12.7 Å². The maximum absolute atomic E-state index is 12.0. The second-order valence-corrected chi connectivity index (χ2v) is 5.74. The van der Waals surface area contributed by atoms with Gasteiger partial charge in [-0.05, 0) is 54.3 Å². The Morgan fingerprint density at radius 1 is 1.12 bits per heavy atom. The van der Waals surface area contributed by atoms with Crippen LogP contribution in [-0.2, 0) is 11.2 Å². The fourth-order valence-corrected chi connectivity index (χ4v) is 2.51. The van der Waals surface area contributed by atoms with E-state index in [9.17, 15) is 4.79 Å². The average molecular weight is 323 g/mol. The van der Waals surface area contributed by atoms with Crippen molar-refractivity contribution in [3.8, 4) is 11.5 Å². The van der Waals surface area contributed by atoms with Gasteiger partial charge in [0.2, 0.25) is 12.7 Å². The van der Waals surface area contributed by atoms with E-state index in [4.69, 9.17) is 9.47 Å². The second-order valence-electron chi connectivity index (χ2n) is 5.74. The maximum Gasteiger partial charge on any atom is 0.248 e. The number of rotatable bonds is 6. The molecule has 0 atom stereocenters. The molecule has 0 aliphatic carbocycles. The minimum Gasteiger partial charge on any atom is -0.454 e. The molecule has 0 fully saturated rings. The molecule has 0 radical (unpaired) electrons. The molecule has 24 heavy (non-hydrogen) atoms. The van der Waals surface area contributed by atoms with Crippen molar-refractivity contribution in [1.82, 2.24) is 0 Å². The molecule has 4 nitrogen and oxygen atoms in total. The van der Waals surface area contributed by atoms with E-state index in [2.05, 4.69) is 24.4 Å². The first-order valence-corrected chi connectivity index (χ1v) is 8.22. The van der Waals surface area contributed by atoms with E-state index in [1.807, 2.05) is 30.3 Å². The molecule has 1 heterocycles. The van der Waals surface area contributed by atoms with Crippen LogP contribution >= 0.6 is 0 Å². The van der Waals surface area contributed by atoms with Crippen molar-refractivity contribution in [2.75, 3.05) is 12.1 Å². The summed E-state index contributed by atoms with van der Waals surface area (Å²) in [5, 5.41) is 2.87. The summed E-state index contributed by atoms with van der Waals surface area (Å²) in [6.45, 7) is 2.43. The van der Waals surface area contributed by atoms with Gasteiger partial charge < -0.3 is 14.8 Å². The van der Waals surface area contributed by atoms with Gasteiger partial charge in [-0.25, -0.2) is 0 Å². The van der Waals surface area contributed by atoms with E-state index in [-0.39, 0.29) is 12.7 Å². The molecule has 3 rings (SSSR count). The van der Waals surface area contributed by atoms with Gasteiger partial charge in [0.05, 0.1) is 0 Å². The molecule has 0 unspecified atom stereocenters. The maximum atomic E-state index is 12.0. The van der Waals surface area contributed by atoms with E-state index < -0.39 is 0 Å². The average Bonchev–Trinajstić information content (AvgIpc) is 3.07. The van der Waals surface area contributed by atoms with Gasteiger partial charge >= 0.3 is 0 Å². The number of fused-ring (bicyclic) bond motifs is 1. The molecule has 1 amide bonds. The van der Waals surface area contributed by atoms with E-state index in [1.165, 1.54) is 24.5 Å². The SMILES string of the molecule is CCCCc1ccc(NC(=O)C=Cc2ccc3c(c2)OCO3)cc1. The molecule has 4 heteroatoms. The van der Waals surface area contributed by atoms with Gasteiger partial charge in [0.25, 0.3) is 0 Å². The molecule has 1 aliphatic heterocycles. The van der Waals surface area contributed by atoms with Crippen molar-refractivity contribution in [3.05, 3.63) is 59.7 Å². The zero-order valence-corrected chi connectivity index (χ0v) is 13.7. The van der Waals surface area contributed by atoms with Crippen LogP contribution < -0.4 is 14.8 Å². The topological polar surface area (TPSA) is 47.6 Å². The van der Waals surface area contributed by atoms with Crippen molar-refractivity contribution in [1.29, 1.82) is 0 Å². The lowest BCUT2D eigenvalue weighted by Gasteiger charge is -2.04. The fourth-order valence-electron chi connectivity index (χ4n) is 2.51. The van der Waals surface area contributed by atoms with Crippen LogP contribution in [0.25, 0.3) is 6.08 Å². The number of benzene rings is 2. The number of aryl methyl sites for hydroxylation is 1. The van der Waals surface area contributed by atoms with Crippen molar-refractivity contribution in [2.45, 2.75) is 26.2 Å². The lowest BCUT2D eigenvalue weighted by Crippen LogP contribution is -2.07. The molecule has 2 aromatic carbocycles. The standard InChI is InChI=1S/C20H21NO3/c1-2-3-4-15-5-9-17(10-6-15)21-20(22)12-8-16-7-11-18-19(13-16)24-14-23-18/h5-13H,2-4,14H2,1H3,(H,21,22). The number of hydrogen-bond acceptors (Lipinski definition) is 3. The quantitative estimate of drug-likeness (QED) is 0.801. The number of anilines is 1. The first kappa shape index (κ1) is 16.1. The molecule has 1 aliphatic rings. The van der Waals surface area contributed by atoms with Gasteiger partial charge in [0.15, 0.2) is 11.5 Å². The van der Waals surface area contributed by atoms with E-state index in [0.717, 1.165) is 23.4 Å². The van der Waals surface area contributed by atoms with Crippen LogP contribution in [0.15, 0.2) is 48.5 Å². The Hall–Kier alpha value is -2.75. The van der Waals surface area contributed by atoms with E-state index in [1.54, 1.807) is 6.08 Å². The fraction of sp³-hybridized carbons (Fsp3) is 0.250. The van der Waals surface area contributed by atoms with Crippen LogP contribution in [0.1, 0.15) is 30.9 Å². The zero-order chi connectivity index (χ0) is 16.8. The van der Waals surface area contributed by atoms with Crippen LogP contribution in [0.3, 0.4) is 0 Å². The Labute approximate surface area is 142 Å². The lowest BCUT2D eigenvalue weighted by atomic mass is 10.1. The second kappa shape index (κ2) is 7.68. The molecule has 1 N–H and O–H groups in total. The largest absolute Gasteiger partial charge is 0.454 e. The highest BCUT2D eigenvalue weighted by atomic mass is 16.7. The summed E-state index contributed by atoms with van der Waals surface area (Å²) >= 11 is 0. The van der Waals surface area contributed by atoms with Gasteiger partial charge in [0.1, 0.15) is 0 Å². The first-order valence-electron chi connectivity index (χ1n) is 8.22. The predicted octanol–water partition coefficient (Wildman–Crippen LogP) is 4.41. The number of hydrogen-bond donors (Lipinski definition) is 1. The Morgan fingerprint density at radius 3 is 2.71 bits per heavy atom. The summed E-state index contributed by atoms with van der Waals surface area (Å²) in [4.78, 5) is 12.0. The van der Waals surface area contributed by atoms with Crippen LogP contribution in [0, 0.1) is 0 Å². The third-order valence-electron chi connectivity index (χ3n) is 3.86. The Morgan fingerprint density at radius 2 is 1.92 bits per heavy atom. The van der Waals surface area contributed by atoms with Crippen molar-refractivity contribution in [3.63, 3.8) is 0 Å². The van der Waals surface area contributed by atoms with Crippen LogP contribution in [0.5, 0.6) is 11.5 Å². The molecule has 0 saturated carbocycles. The highest BCUT2D eigenvalue weighted by Gasteiger charge is 2.12. The molecule has 0 saturated heterocycles. The molecular weight excluding hydrogens is 302 g/mol. The highest BCUT2D eigenvalue weighted by molar-refractivity contribution is 6.01. The summed E-state index contributed by atoms with van der Waals surface area (Å²) in [6.07, 6.45) is 6.72. The number of ether oxygens (including phenoxy) is 2. The van der Waals surface area contributed by atoms with Gasteiger partial charge in [0, 0.05) is 11.8 Å². The van der Waals surface area contributed by atoms with E-state index >= 15 is 0 Å². The zero-order valence-electron chi connectivity index (χ0n) is 13.7. The highest BCUT2D eigenvalue weighted by Crippen LogP contribution is 2.32. The number of carbonyl (C=O) groups excluding carboxylic acids is 1. The van der Waals surface area contributed by atoms with Crippen LogP contribution in [0.2, 0.25) is 0 Å². The summed E-state index contributed by atoms with van der Waals surface area (Å²) < 4.78 is 10.6. The molecule has 0 aromatic heterocycles. The Kier molecular flexibility index (Phi) is 5.16. The first-order chi connectivity index (χ1) is 11.7. The number of carbonyl (C=O) groups is 1. The molecule has 0 spiro atoms. The normalized spacial score (nSPS) is 12.5. The van der Waals surface area contributed by atoms with Crippen molar-refractivity contribution in [2.24, 2.45) is 0 Å². The number of amides is 1. The summed E-state index contributed by atoms with van der Waals surface area (Å²) in [7, 11) is 0.